The number of carbonyl (C=O) groups excluding carboxylic acids is 8. The highest BCUT2D eigenvalue weighted by Gasteiger charge is 2.86. The molecular formula is C42H44N6O12S8. The van der Waals surface area contributed by atoms with Crippen LogP contribution in [0.1, 0.15) is 65.5 Å². The van der Waals surface area contributed by atoms with Crippen LogP contribution >= 0.6 is 84.2 Å². The normalized spacial score (nSPS) is 31.7. The molecule has 26 heteroatoms. The van der Waals surface area contributed by atoms with Crippen LogP contribution in [-0.2, 0) is 68.1 Å². The maximum absolute atomic E-state index is 16.1. The Bertz CT molecular complexity index is 2340. The Hall–Kier alpha value is -3.76. The van der Waals surface area contributed by atoms with Gasteiger partial charge in [-0.05, 0) is 84.2 Å². The second kappa shape index (κ2) is 18.1. The fourth-order valence-electron chi connectivity index (χ4n) is 10.5. The summed E-state index contributed by atoms with van der Waals surface area (Å²) in [7, 11) is 8.93. The maximum Gasteiger partial charge on any atom is 0.311 e. The fraction of sp³-hybridized carbons (Fsp3) is 0.524. The topological polar surface area (TPSA) is 210 Å². The summed E-state index contributed by atoms with van der Waals surface area (Å²) in [5, 5.41) is 7.08. The van der Waals surface area contributed by atoms with Gasteiger partial charge in [-0.1, -0.05) is 75.3 Å². The molecule has 4 fully saturated rings. The van der Waals surface area contributed by atoms with E-state index in [2.05, 4.69) is 58.2 Å². The molecule has 0 aliphatic carbocycles. The van der Waals surface area contributed by atoms with E-state index in [0.29, 0.717) is 22.5 Å². The van der Waals surface area contributed by atoms with Crippen molar-refractivity contribution in [2.45, 2.75) is 98.7 Å². The third-order valence-corrected chi connectivity index (χ3v) is 23.4. The molecule has 6 aliphatic heterocycles. The summed E-state index contributed by atoms with van der Waals surface area (Å²) in [5.41, 5.74) is -6.19. The van der Waals surface area contributed by atoms with Crippen molar-refractivity contribution in [2.75, 3.05) is 37.9 Å². The summed E-state index contributed by atoms with van der Waals surface area (Å²) in [5.74, 6) is -8.13. The van der Waals surface area contributed by atoms with E-state index in [-0.39, 0.29) is 12.8 Å². The molecule has 362 valence electrons. The number of fused-ring (bicyclic) bond motifs is 11. The lowest BCUT2D eigenvalue weighted by Gasteiger charge is -2.53. The van der Waals surface area contributed by atoms with Crippen molar-refractivity contribution >= 4 is 143 Å². The number of nitrogens with zero attached hydrogens (tertiary/aromatic N) is 4. The number of amides is 4. The number of ether oxygens (including phenoxy) is 4. The van der Waals surface area contributed by atoms with Gasteiger partial charge in [0.05, 0.1) is 22.7 Å². The second-order valence-corrected chi connectivity index (χ2v) is 27.7. The van der Waals surface area contributed by atoms with Gasteiger partial charge in [-0.3, -0.25) is 58.0 Å². The molecule has 6 aliphatic rings. The molecule has 4 saturated heterocycles. The highest BCUT2D eigenvalue weighted by atomic mass is 33.7. The van der Waals surface area contributed by atoms with Crippen LogP contribution < -0.4 is 10.6 Å². The first kappa shape index (κ1) is 50.6. The number of nitrogens with one attached hydrogen (secondary N) is 2. The average Bonchev–Trinajstić information content (AvgIpc) is 3.99. The van der Waals surface area contributed by atoms with Gasteiger partial charge in [0.1, 0.15) is 12.3 Å². The summed E-state index contributed by atoms with van der Waals surface area (Å²) < 4.78 is 23.1. The van der Waals surface area contributed by atoms with E-state index < -0.39 is 117 Å². The van der Waals surface area contributed by atoms with Gasteiger partial charge in [0, 0.05) is 64.3 Å². The maximum atomic E-state index is 16.1. The summed E-state index contributed by atoms with van der Waals surface area (Å²) >= 11 is 8.83. The zero-order chi connectivity index (χ0) is 49.5. The van der Waals surface area contributed by atoms with E-state index in [0.717, 1.165) is 84.5 Å². The monoisotopic (exact) mass is 1080 g/mol. The van der Waals surface area contributed by atoms with E-state index in [9.17, 15) is 19.2 Å². The van der Waals surface area contributed by atoms with Gasteiger partial charge >= 0.3 is 35.3 Å². The van der Waals surface area contributed by atoms with Crippen molar-refractivity contribution in [1.29, 1.82) is 0 Å². The van der Waals surface area contributed by atoms with Crippen molar-refractivity contribution < 1.29 is 57.3 Å². The average molecular weight is 1080 g/mol. The third-order valence-electron chi connectivity index (χ3n) is 13.5. The van der Waals surface area contributed by atoms with Gasteiger partial charge in [-0.2, -0.15) is 0 Å². The van der Waals surface area contributed by atoms with Crippen molar-refractivity contribution in [3.05, 3.63) is 59.7 Å². The Morgan fingerprint density at radius 1 is 0.647 bits per heavy atom. The number of likely N-dealkylation sites (N-methyl/N-ethyl adjacent to an activating group) is 2. The van der Waals surface area contributed by atoms with Crippen molar-refractivity contribution in [1.82, 2.24) is 19.6 Å². The van der Waals surface area contributed by atoms with Crippen molar-refractivity contribution in [2.24, 2.45) is 11.8 Å². The number of esters is 4. The Morgan fingerprint density at radius 2 is 1.00 bits per heavy atom. The van der Waals surface area contributed by atoms with Gasteiger partial charge in [0.25, 0.3) is 23.6 Å². The van der Waals surface area contributed by atoms with Crippen molar-refractivity contribution in [3.63, 3.8) is 0 Å². The van der Waals surface area contributed by atoms with E-state index in [1.807, 2.05) is 0 Å². The van der Waals surface area contributed by atoms with Gasteiger partial charge in [0.15, 0.2) is 23.0 Å². The number of piperazine rings is 2. The quantitative estimate of drug-likeness (QED) is 0.0798. The summed E-state index contributed by atoms with van der Waals surface area (Å²) in [4.78, 5) is 117. The largest absolute Gasteiger partial charge is 0.459 e. The van der Waals surface area contributed by atoms with Gasteiger partial charge in [-0.15, -0.1) is 0 Å². The number of rotatable bonds is 15. The SMILES string of the molecule is CC(=O)OC[C@@]1(OC(=O)C(C)C)C(=O)N2[C@H]3Nc4cc#ccc4[C@@]3([C@]34C[C@]5(SSSS)C(=O)N(C)[C@](COC(C)=O)(OC(=O)C(C)C)C(=O)N5[C@H]3Nc3cc#ccc34)C[C@]2(SSSS)C(=O)N1C. The lowest BCUT2D eigenvalue weighted by molar-refractivity contribution is -0.223. The molecule has 4 amide bonds. The molecule has 0 radical (unpaired) electrons. The molecule has 2 aromatic carbocycles. The van der Waals surface area contributed by atoms with Crippen molar-refractivity contribution in [3.8, 4) is 0 Å². The number of carbonyl (C=O) groups is 8. The van der Waals surface area contributed by atoms with Crippen LogP contribution in [0.25, 0.3) is 0 Å². The number of hydrogen-bond donors (Lipinski definition) is 4. The molecule has 0 bridgehead atoms. The molecule has 0 spiro atoms. The first-order valence-electron chi connectivity index (χ1n) is 20.8. The number of anilines is 2. The van der Waals surface area contributed by atoms with Gasteiger partial charge in [-0.25, -0.2) is 0 Å². The fourth-order valence-corrected chi connectivity index (χ4v) is 18.7. The number of hydrogen-bond acceptors (Lipinski definition) is 22. The Balaban J connectivity index is 1.45. The highest BCUT2D eigenvalue weighted by Crippen LogP contribution is 2.76. The van der Waals surface area contributed by atoms with Crippen LogP contribution in [0.5, 0.6) is 0 Å². The van der Waals surface area contributed by atoms with E-state index in [1.165, 1.54) is 23.9 Å². The molecule has 2 N–H and O–H groups in total. The van der Waals surface area contributed by atoms with Crippen LogP contribution in [0.15, 0.2) is 24.3 Å². The first-order valence-corrected chi connectivity index (χ1v) is 29.9. The van der Waals surface area contributed by atoms with Crippen LogP contribution in [0, 0.1) is 36.1 Å². The zero-order valence-electron chi connectivity index (χ0n) is 37.5. The van der Waals surface area contributed by atoms with E-state index in [4.69, 9.17) is 18.9 Å². The molecular weight excluding hydrogens is 1040 g/mol. The minimum atomic E-state index is -2.51. The first-order chi connectivity index (χ1) is 32.1. The second-order valence-electron chi connectivity index (χ2n) is 17.6. The molecule has 18 nitrogen and oxygen atoms in total. The Kier molecular flexibility index (Phi) is 13.5. The standard InChI is InChI=1S/C42H44N6O12S8/c1-21(2)29(51)59-39(19-57-23(5)49)33(53)47-31-37(25-13-9-11-15-27(25)43-31,17-41(47,63-67-65-61)35(55)45(39)7)38-18-42(64-68-66-62)36(56)46(8)40(20-58-24(6)50,60-30(52)22(3)4)34(54)48(42)32(38)44-28-16-12-10-14-26(28)38/h13-16,21-22,31-32,43-44,61-62H,17-20H2,1-8H3/t31-,32-,37+,38+,39-,40-,41+,42+/m1/s1. The Labute approximate surface area is 425 Å². The highest BCUT2D eigenvalue weighted by molar-refractivity contribution is 9.24. The van der Waals surface area contributed by atoms with E-state index in [1.54, 1.807) is 52.0 Å². The molecule has 8 atom stereocenters. The third kappa shape index (κ3) is 6.95. The zero-order valence-corrected chi connectivity index (χ0v) is 44.2. The van der Waals surface area contributed by atoms with Crippen LogP contribution in [0.4, 0.5) is 11.4 Å². The minimum absolute atomic E-state index is 0.219. The molecule has 8 rings (SSSR count). The molecule has 68 heavy (non-hydrogen) atoms. The predicted molar refractivity (Wildman–Crippen MR) is 264 cm³/mol. The summed E-state index contributed by atoms with van der Waals surface area (Å²) in [6.07, 6.45) is -2.99. The Morgan fingerprint density at radius 3 is 1.32 bits per heavy atom. The van der Waals surface area contributed by atoms with Crippen LogP contribution in [0.2, 0.25) is 0 Å². The molecule has 0 unspecified atom stereocenters. The van der Waals surface area contributed by atoms with Gasteiger partial charge in [0.2, 0.25) is 0 Å². The van der Waals surface area contributed by atoms with Crippen LogP contribution in [0.3, 0.4) is 0 Å². The van der Waals surface area contributed by atoms with Gasteiger partial charge < -0.3 is 29.6 Å². The lowest BCUT2D eigenvalue weighted by atomic mass is 9.54. The van der Waals surface area contributed by atoms with E-state index >= 15 is 19.2 Å². The molecule has 6 heterocycles. The van der Waals surface area contributed by atoms with Crippen LogP contribution in [-0.4, -0.2) is 128 Å². The molecule has 0 aromatic heterocycles. The minimum Gasteiger partial charge on any atom is -0.459 e. The molecule has 2 aromatic rings. The lowest BCUT2D eigenvalue weighted by Crippen LogP contribution is -2.77. The summed E-state index contributed by atoms with van der Waals surface area (Å²) in [6, 6.07) is 18.8. The smallest absolute Gasteiger partial charge is 0.311 e. The summed E-state index contributed by atoms with van der Waals surface area (Å²) in [6.45, 7) is 6.74. The number of thiol groups is 2. The predicted octanol–water partition coefficient (Wildman–Crippen LogP) is 5.03. The molecule has 0 saturated carbocycles.